The first-order chi connectivity index (χ1) is 13.6. The second-order valence-corrected chi connectivity index (χ2v) is 6.01. The standard InChI is InChI=1S/C21H28N4O3.HI/c1-5-23-21(24-13-15-6-9-17(10-7-15)20(26)22-2)25-14-16-8-11-18(27-3)19(12-16)28-4;/h6-12H,5,13-14H2,1-4H3,(H,22,26)(H2,23,24,25);1H. The highest BCUT2D eigenvalue weighted by molar-refractivity contribution is 14.0. The molecular formula is C21H29IN4O3. The van der Waals surface area contributed by atoms with Crippen molar-refractivity contribution in [1.29, 1.82) is 0 Å². The van der Waals surface area contributed by atoms with Gasteiger partial charge < -0.3 is 25.4 Å². The molecule has 0 aromatic heterocycles. The summed E-state index contributed by atoms with van der Waals surface area (Å²) in [6, 6.07) is 13.2. The van der Waals surface area contributed by atoms with E-state index in [1.165, 1.54) is 0 Å². The minimum Gasteiger partial charge on any atom is -0.493 e. The number of carbonyl (C=O) groups excluding carboxylic acids is 1. The summed E-state index contributed by atoms with van der Waals surface area (Å²) in [4.78, 5) is 16.2. The Morgan fingerprint density at radius 1 is 0.966 bits per heavy atom. The van der Waals surface area contributed by atoms with Gasteiger partial charge in [0, 0.05) is 25.7 Å². The number of methoxy groups -OCH3 is 2. The molecule has 0 radical (unpaired) electrons. The molecule has 0 aliphatic carbocycles. The summed E-state index contributed by atoms with van der Waals surface area (Å²) in [5.41, 5.74) is 2.72. The molecule has 7 nitrogen and oxygen atoms in total. The maximum atomic E-state index is 11.6. The van der Waals surface area contributed by atoms with E-state index in [0.29, 0.717) is 36.1 Å². The van der Waals surface area contributed by atoms with Crippen LogP contribution in [0.3, 0.4) is 0 Å². The van der Waals surface area contributed by atoms with Crippen LogP contribution in [-0.2, 0) is 13.1 Å². The molecular weight excluding hydrogens is 483 g/mol. The number of guanidine groups is 1. The third-order valence-corrected chi connectivity index (χ3v) is 4.12. The highest BCUT2D eigenvalue weighted by atomic mass is 127. The van der Waals surface area contributed by atoms with Crippen LogP contribution in [0.1, 0.15) is 28.4 Å². The summed E-state index contributed by atoms with van der Waals surface area (Å²) in [5, 5.41) is 9.15. The lowest BCUT2D eigenvalue weighted by molar-refractivity contribution is 0.0963. The van der Waals surface area contributed by atoms with Crippen molar-refractivity contribution >= 4 is 35.8 Å². The SMILES string of the molecule is CCNC(=NCc1ccc(OC)c(OC)c1)NCc1ccc(C(=O)NC)cc1.I. The van der Waals surface area contributed by atoms with E-state index in [4.69, 9.17) is 9.47 Å². The number of hydrogen-bond donors (Lipinski definition) is 3. The van der Waals surface area contributed by atoms with Crippen LogP contribution in [-0.4, -0.2) is 39.7 Å². The molecule has 2 rings (SSSR count). The summed E-state index contributed by atoms with van der Waals surface area (Å²) in [7, 11) is 4.85. The monoisotopic (exact) mass is 512 g/mol. The molecule has 0 aliphatic heterocycles. The second kappa shape index (κ2) is 12.9. The number of ether oxygens (including phenoxy) is 2. The number of aliphatic imine (C=N–C) groups is 1. The van der Waals surface area contributed by atoms with E-state index in [1.807, 2.05) is 49.4 Å². The molecule has 29 heavy (non-hydrogen) atoms. The first-order valence-corrected chi connectivity index (χ1v) is 9.15. The van der Waals surface area contributed by atoms with Crippen LogP contribution in [0.15, 0.2) is 47.5 Å². The summed E-state index contributed by atoms with van der Waals surface area (Å²) in [6.07, 6.45) is 0. The second-order valence-electron chi connectivity index (χ2n) is 6.01. The van der Waals surface area contributed by atoms with Crippen molar-refractivity contribution < 1.29 is 14.3 Å². The fourth-order valence-corrected chi connectivity index (χ4v) is 2.60. The maximum Gasteiger partial charge on any atom is 0.251 e. The zero-order valence-electron chi connectivity index (χ0n) is 17.2. The van der Waals surface area contributed by atoms with Crippen molar-refractivity contribution in [3.8, 4) is 11.5 Å². The Hall–Kier alpha value is -2.49. The predicted octanol–water partition coefficient (Wildman–Crippen LogP) is 2.94. The summed E-state index contributed by atoms with van der Waals surface area (Å²) in [6.45, 7) is 3.89. The fraction of sp³-hybridized carbons (Fsp3) is 0.333. The molecule has 0 bridgehead atoms. The van der Waals surface area contributed by atoms with Gasteiger partial charge in [0.1, 0.15) is 0 Å². The van der Waals surface area contributed by atoms with Crippen molar-refractivity contribution in [2.24, 2.45) is 4.99 Å². The zero-order valence-corrected chi connectivity index (χ0v) is 19.6. The van der Waals surface area contributed by atoms with Gasteiger partial charge in [0.2, 0.25) is 0 Å². The molecule has 0 saturated carbocycles. The van der Waals surface area contributed by atoms with E-state index in [9.17, 15) is 4.79 Å². The number of benzene rings is 2. The first kappa shape index (κ1) is 24.5. The molecule has 0 spiro atoms. The Morgan fingerprint density at radius 2 is 1.62 bits per heavy atom. The fourth-order valence-electron chi connectivity index (χ4n) is 2.60. The van der Waals surface area contributed by atoms with Gasteiger partial charge in [0.05, 0.1) is 20.8 Å². The zero-order chi connectivity index (χ0) is 20.4. The minimum absolute atomic E-state index is 0. The Morgan fingerprint density at radius 3 is 2.21 bits per heavy atom. The van der Waals surface area contributed by atoms with Gasteiger partial charge in [-0.2, -0.15) is 0 Å². The molecule has 0 atom stereocenters. The van der Waals surface area contributed by atoms with Crippen molar-refractivity contribution in [2.45, 2.75) is 20.0 Å². The molecule has 0 heterocycles. The maximum absolute atomic E-state index is 11.6. The van der Waals surface area contributed by atoms with Gasteiger partial charge in [-0.1, -0.05) is 18.2 Å². The molecule has 1 amide bonds. The molecule has 158 valence electrons. The largest absolute Gasteiger partial charge is 0.493 e. The molecule has 2 aromatic rings. The van der Waals surface area contributed by atoms with Crippen molar-refractivity contribution in [3.05, 3.63) is 59.2 Å². The molecule has 0 fully saturated rings. The van der Waals surface area contributed by atoms with E-state index in [0.717, 1.165) is 17.7 Å². The van der Waals surface area contributed by atoms with E-state index in [1.54, 1.807) is 21.3 Å². The number of rotatable bonds is 8. The molecule has 8 heteroatoms. The van der Waals surface area contributed by atoms with Crippen molar-refractivity contribution in [1.82, 2.24) is 16.0 Å². The Balaban J connectivity index is 0.00000420. The molecule has 0 saturated heterocycles. The van der Waals surface area contributed by atoms with E-state index in [2.05, 4.69) is 20.9 Å². The molecule has 0 unspecified atom stereocenters. The van der Waals surface area contributed by atoms with Crippen LogP contribution in [0.4, 0.5) is 0 Å². The number of nitrogens with zero attached hydrogens (tertiary/aromatic N) is 1. The van der Waals surface area contributed by atoms with E-state index >= 15 is 0 Å². The first-order valence-electron chi connectivity index (χ1n) is 9.15. The third-order valence-electron chi connectivity index (χ3n) is 4.12. The van der Waals surface area contributed by atoms with Gasteiger partial charge in [0.15, 0.2) is 17.5 Å². The summed E-state index contributed by atoms with van der Waals surface area (Å²) < 4.78 is 10.6. The van der Waals surface area contributed by atoms with Crippen LogP contribution in [0.25, 0.3) is 0 Å². The van der Waals surface area contributed by atoms with Gasteiger partial charge in [-0.25, -0.2) is 4.99 Å². The van der Waals surface area contributed by atoms with Crippen LogP contribution >= 0.6 is 24.0 Å². The minimum atomic E-state index is -0.0932. The number of amides is 1. The van der Waals surface area contributed by atoms with Crippen molar-refractivity contribution in [2.75, 3.05) is 27.8 Å². The number of carbonyl (C=O) groups is 1. The van der Waals surface area contributed by atoms with Crippen LogP contribution in [0, 0.1) is 0 Å². The Kier molecular flexibility index (Phi) is 10.9. The van der Waals surface area contributed by atoms with Gasteiger partial charge in [-0.05, 0) is 42.3 Å². The Labute approximate surface area is 189 Å². The number of hydrogen-bond acceptors (Lipinski definition) is 4. The van der Waals surface area contributed by atoms with Crippen LogP contribution in [0.5, 0.6) is 11.5 Å². The van der Waals surface area contributed by atoms with Gasteiger partial charge >= 0.3 is 0 Å². The lowest BCUT2D eigenvalue weighted by atomic mass is 10.1. The van der Waals surface area contributed by atoms with Crippen LogP contribution < -0.4 is 25.4 Å². The van der Waals surface area contributed by atoms with Crippen molar-refractivity contribution in [3.63, 3.8) is 0 Å². The molecule has 0 aliphatic rings. The van der Waals surface area contributed by atoms with Gasteiger partial charge in [-0.3, -0.25) is 4.79 Å². The smallest absolute Gasteiger partial charge is 0.251 e. The molecule has 3 N–H and O–H groups in total. The predicted molar refractivity (Wildman–Crippen MR) is 126 cm³/mol. The van der Waals surface area contributed by atoms with Gasteiger partial charge in [-0.15, -0.1) is 24.0 Å². The average molecular weight is 512 g/mol. The Bertz CT molecular complexity index is 810. The lowest BCUT2D eigenvalue weighted by Gasteiger charge is -2.12. The van der Waals surface area contributed by atoms with Crippen LogP contribution in [0.2, 0.25) is 0 Å². The summed E-state index contributed by atoms with van der Waals surface area (Å²) >= 11 is 0. The third kappa shape index (κ3) is 7.45. The number of halogens is 1. The normalized spacial score (nSPS) is 10.6. The van der Waals surface area contributed by atoms with E-state index in [-0.39, 0.29) is 29.9 Å². The summed E-state index contributed by atoms with van der Waals surface area (Å²) in [5.74, 6) is 2.00. The quantitative estimate of drug-likeness (QED) is 0.288. The average Bonchev–Trinajstić information content (AvgIpc) is 2.75. The van der Waals surface area contributed by atoms with E-state index < -0.39 is 0 Å². The topological polar surface area (TPSA) is 84.0 Å². The molecule has 2 aromatic carbocycles. The lowest BCUT2D eigenvalue weighted by Crippen LogP contribution is -2.36. The van der Waals surface area contributed by atoms with Gasteiger partial charge in [0.25, 0.3) is 5.91 Å². The number of nitrogens with one attached hydrogen (secondary N) is 3. The highest BCUT2D eigenvalue weighted by Gasteiger charge is 2.06. The highest BCUT2D eigenvalue weighted by Crippen LogP contribution is 2.27.